The van der Waals surface area contributed by atoms with Crippen LogP contribution in [0.1, 0.15) is 22.9 Å². The van der Waals surface area contributed by atoms with E-state index in [9.17, 15) is 9.90 Å². The number of fused-ring (bicyclic) bond motifs is 3. The van der Waals surface area contributed by atoms with Crippen molar-refractivity contribution in [3.63, 3.8) is 0 Å². The van der Waals surface area contributed by atoms with E-state index in [0.29, 0.717) is 34.5 Å². The second-order valence-corrected chi connectivity index (χ2v) is 9.46. The van der Waals surface area contributed by atoms with Crippen LogP contribution in [-0.4, -0.2) is 52.1 Å². The van der Waals surface area contributed by atoms with Crippen molar-refractivity contribution in [3.8, 4) is 11.5 Å². The first-order valence-corrected chi connectivity index (χ1v) is 12.2. The lowest BCUT2D eigenvalue weighted by Gasteiger charge is -2.35. The molecule has 0 bridgehead atoms. The molecule has 1 aliphatic heterocycles. The van der Waals surface area contributed by atoms with Gasteiger partial charge in [-0.1, -0.05) is 35.3 Å². The highest BCUT2D eigenvalue weighted by Crippen LogP contribution is 2.40. The zero-order valence-electron chi connectivity index (χ0n) is 19.2. The Morgan fingerprint density at radius 3 is 2.44 bits per heavy atom. The van der Waals surface area contributed by atoms with Crippen molar-refractivity contribution in [2.45, 2.75) is 18.6 Å². The molecule has 0 spiro atoms. The number of amides is 1. The van der Waals surface area contributed by atoms with Crippen LogP contribution in [0, 0.1) is 0 Å². The number of carbonyl (C=O) groups is 1. The highest BCUT2D eigenvalue weighted by molar-refractivity contribution is 6.31. The van der Waals surface area contributed by atoms with Crippen LogP contribution in [0.15, 0.2) is 66.7 Å². The van der Waals surface area contributed by atoms with Gasteiger partial charge in [-0.25, -0.2) is 4.79 Å². The number of benzene rings is 3. The maximum absolute atomic E-state index is 13.4. The minimum atomic E-state index is -0.957. The lowest BCUT2D eigenvalue weighted by Crippen LogP contribution is -2.42. The lowest BCUT2D eigenvalue weighted by molar-refractivity contribution is 0.0536. The molecule has 1 aromatic heterocycles. The number of ether oxygens (including phenoxy) is 2. The Balaban J connectivity index is 1.50. The number of aromatic nitrogens is 1. The lowest BCUT2D eigenvalue weighted by atomic mass is 9.92. The molecule has 7 nitrogen and oxygen atoms in total. The summed E-state index contributed by atoms with van der Waals surface area (Å²) in [4.78, 5) is 18.5. The van der Waals surface area contributed by atoms with Crippen LogP contribution in [0.5, 0.6) is 11.5 Å². The number of hydrogen-bond acceptors (Lipinski definition) is 5. The van der Waals surface area contributed by atoms with Gasteiger partial charge >= 0.3 is 6.09 Å². The molecule has 9 heteroatoms. The second kappa shape index (κ2) is 10.4. The van der Waals surface area contributed by atoms with Gasteiger partial charge in [0.15, 0.2) is 0 Å². The molecule has 1 aliphatic rings. The molecule has 0 aliphatic carbocycles. The van der Waals surface area contributed by atoms with E-state index in [0.717, 1.165) is 27.7 Å². The number of carbonyl (C=O) groups excluding carboxylic acids is 1. The molecule has 2 atom stereocenters. The minimum Gasteiger partial charge on any atom is -0.491 e. The Morgan fingerprint density at radius 2 is 1.72 bits per heavy atom. The third-order valence-electron chi connectivity index (χ3n) is 6.19. The van der Waals surface area contributed by atoms with Crippen molar-refractivity contribution < 1.29 is 24.5 Å². The molecule has 3 N–H and O–H groups in total. The normalized spacial score (nSPS) is 16.0. The summed E-state index contributed by atoms with van der Waals surface area (Å²) >= 11 is 12.2. The van der Waals surface area contributed by atoms with Gasteiger partial charge in [-0.3, -0.25) is 4.90 Å². The van der Waals surface area contributed by atoms with Crippen LogP contribution in [0.4, 0.5) is 4.79 Å². The summed E-state index contributed by atoms with van der Waals surface area (Å²) in [5, 5.41) is 20.8. The molecule has 0 unspecified atom stereocenters. The Kier molecular flexibility index (Phi) is 7.07. The summed E-state index contributed by atoms with van der Waals surface area (Å²) in [6.07, 6.45) is -0.791. The summed E-state index contributed by atoms with van der Waals surface area (Å²) in [7, 11) is 0. The number of hydrogen-bond donors (Lipinski definition) is 3. The van der Waals surface area contributed by atoms with Crippen LogP contribution in [0.2, 0.25) is 10.0 Å². The maximum atomic E-state index is 13.4. The third kappa shape index (κ3) is 5.01. The van der Waals surface area contributed by atoms with Gasteiger partial charge in [0.25, 0.3) is 0 Å². The van der Waals surface area contributed by atoms with Gasteiger partial charge in [-0.15, -0.1) is 0 Å². The van der Waals surface area contributed by atoms with Gasteiger partial charge in [-0.05, 0) is 72.1 Å². The highest BCUT2D eigenvalue weighted by atomic mass is 35.5. The molecule has 4 aromatic rings. The van der Waals surface area contributed by atoms with Crippen LogP contribution >= 0.6 is 23.2 Å². The van der Waals surface area contributed by atoms with Crippen molar-refractivity contribution >= 4 is 40.2 Å². The number of aliphatic hydroxyl groups is 2. The molecular formula is C27H24Cl2N2O5. The molecule has 0 fully saturated rings. The molecule has 2 heterocycles. The number of nitrogens with zero attached hydrogens (tertiary/aromatic N) is 1. The van der Waals surface area contributed by atoms with E-state index >= 15 is 0 Å². The summed E-state index contributed by atoms with van der Waals surface area (Å²) in [5.74, 6) is 0.949. The van der Waals surface area contributed by atoms with Crippen molar-refractivity contribution in [1.29, 1.82) is 0 Å². The van der Waals surface area contributed by atoms with Crippen LogP contribution in [0.3, 0.4) is 0 Å². The number of H-pyrrole nitrogens is 1. The van der Waals surface area contributed by atoms with E-state index in [1.807, 2.05) is 30.3 Å². The first-order valence-electron chi connectivity index (χ1n) is 11.5. The zero-order valence-corrected chi connectivity index (χ0v) is 20.7. The van der Waals surface area contributed by atoms with Gasteiger partial charge in [-0.2, -0.15) is 0 Å². The molecule has 36 heavy (non-hydrogen) atoms. The van der Waals surface area contributed by atoms with E-state index < -0.39 is 18.2 Å². The summed E-state index contributed by atoms with van der Waals surface area (Å²) in [6, 6.07) is 19.2. The molecule has 1 amide bonds. The number of aromatic amines is 1. The van der Waals surface area contributed by atoms with Crippen molar-refractivity contribution in [1.82, 2.24) is 9.88 Å². The Bertz CT molecular complexity index is 1370. The van der Waals surface area contributed by atoms with Gasteiger partial charge in [0.05, 0.1) is 6.61 Å². The number of rotatable bonds is 6. The summed E-state index contributed by atoms with van der Waals surface area (Å²) in [5.41, 5.74) is 3.81. The van der Waals surface area contributed by atoms with E-state index in [2.05, 4.69) is 4.98 Å². The molecule has 0 radical (unpaired) electrons. The fourth-order valence-corrected chi connectivity index (χ4v) is 4.76. The first-order chi connectivity index (χ1) is 17.4. The molecule has 0 saturated carbocycles. The van der Waals surface area contributed by atoms with Gasteiger partial charge < -0.3 is 24.7 Å². The second-order valence-electron chi connectivity index (χ2n) is 8.59. The summed E-state index contributed by atoms with van der Waals surface area (Å²) in [6.45, 7) is 0.0499. The van der Waals surface area contributed by atoms with E-state index in [-0.39, 0.29) is 13.2 Å². The molecule has 3 aromatic carbocycles. The van der Waals surface area contributed by atoms with E-state index in [4.69, 9.17) is 37.8 Å². The first kappa shape index (κ1) is 24.5. The molecular weight excluding hydrogens is 503 g/mol. The average Bonchev–Trinajstić information content (AvgIpc) is 3.26. The standard InChI is InChI=1S/C27H24Cl2N2O5/c28-17-3-8-21(9-4-17)36-27(34)31-12-11-22-23-13-18(29)5-10-24(23)30-25(22)26(31)16-1-6-20(7-2-16)35-15-19(33)14-32/h1-10,13,19,26,30,32-33H,11-12,14-15H2/t19-,26+/m1/s1. The van der Waals surface area contributed by atoms with E-state index in [1.54, 1.807) is 41.3 Å². The minimum absolute atomic E-state index is 0.0221. The van der Waals surface area contributed by atoms with E-state index in [1.165, 1.54) is 0 Å². The maximum Gasteiger partial charge on any atom is 0.416 e. The summed E-state index contributed by atoms with van der Waals surface area (Å²) < 4.78 is 11.2. The predicted molar refractivity (Wildman–Crippen MR) is 138 cm³/mol. The fraction of sp³-hybridized carbons (Fsp3) is 0.222. The molecule has 186 valence electrons. The Labute approximate surface area is 217 Å². The highest BCUT2D eigenvalue weighted by Gasteiger charge is 2.35. The van der Waals surface area contributed by atoms with Crippen molar-refractivity contribution in [3.05, 3.63) is 93.6 Å². The monoisotopic (exact) mass is 526 g/mol. The molecule has 0 saturated heterocycles. The number of aliphatic hydroxyl groups excluding tert-OH is 2. The fourth-order valence-electron chi connectivity index (χ4n) is 4.46. The smallest absolute Gasteiger partial charge is 0.416 e. The molecule has 5 rings (SSSR count). The van der Waals surface area contributed by atoms with Crippen LogP contribution in [-0.2, 0) is 6.42 Å². The SMILES string of the molecule is O=C(Oc1ccc(Cl)cc1)N1CCc2c([nH]c3ccc(Cl)cc23)[C@@H]1c1ccc(OC[C@H](O)CO)cc1. The van der Waals surface area contributed by atoms with Gasteiger partial charge in [0, 0.05) is 33.2 Å². The Morgan fingerprint density at radius 1 is 1.03 bits per heavy atom. The number of halogens is 2. The zero-order chi connectivity index (χ0) is 25.2. The number of nitrogens with one attached hydrogen (secondary N) is 1. The largest absolute Gasteiger partial charge is 0.491 e. The average molecular weight is 527 g/mol. The Hall–Kier alpha value is -3.23. The third-order valence-corrected chi connectivity index (χ3v) is 6.68. The van der Waals surface area contributed by atoms with Crippen LogP contribution in [0.25, 0.3) is 10.9 Å². The van der Waals surface area contributed by atoms with Gasteiger partial charge in [0.1, 0.15) is 30.3 Å². The van der Waals surface area contributed by atoms with Crippen LogP contribution < -0.4 is 9.47 Å². The predicted octanol–water partition coefficient (Wildman–Crippen LogP) is 5.35. The van der Waals surface area contributed by atoms with Crippen molar-refractivity contribution in [2.75, 3.05) is 19.8 Å². The van der Waals surface area contributed by atoms with Crippen molar-refractivity contribution in [2.24, 2.45) is 0 Å². The topological polar surface area (TPSA) is 95.0 Å². The quantitative estimate of drug-likeness (QED) is 0.314. The van der Waals surface area contributed by atoms with Gasteiger partial charge in [0.2, 0.25) is 0 Å².